The van der Waals surface area contributed by atoms with Crippen LogP contribution in [0.25, 0.3) is 0 Å². The molecule has 1 heterocycles. The van der Waals surface area contributed by atoms with Crippen molar-refractivity contribution in [3.05, 3.63) is 0 Å². The van der Waals surface area contributed by atoms with E-state index in [-0.39, 0.29) is 50.4 Å². The van der Waals surface area contributed by atoms with Gasteiger partial charge < -0.3 is 15.2 Å². The van der Waals surface area contributed by atoms with Crippen molar-refractivity contribution in [3.8, 4) is 0 Å². The fraction of sp³-hybridized carbons (Fsp3) is 0.958. The van der Waals surface area contributed by atoms with Crippen LogP contribution in [-0.2, 0) is 24.3 Å². The lowest BCUT2D eigenvalue weighted by molar-refractivity contribution is -0.249. The first-order valence-corrected chi connectivity index (χ1v) is 25.3. The molecule has 1 aliphatic heterocycles. The minimum atomic E-state index is -3.21. The molecular weight excluding hydrogens is 747 g/mol. The Labute approximate surface area is 352 Å². The number of nitrogens with one attached hydrogen (secondary N) is 1. The summed E-state index contributed by atoms with van der Waals surface area (Å²) in [5, 5.41) is 13.7. The SMILES string of the molecule is CC(C)S(=O)(=O)N1CCN([C@@H](C)CN[C@]23CC[C@@H](C4(C)CC4)[C@@H]2[C@H]2CC[C@@H]4[C@@]5(C)CC[C@H](OC(=O)[C@H]6C[C@@H](C(=O)O)C6(C)C)C(C)(C)[C@@H]5CC[C@@]4(C)[C@]2(C)CC3)CC1. The Balaban J connectivity index is 0.983. The quantitative estimate of drug-likeness (QED) is 0.211. The largest absolute Gasteiger partial charge is 0.481 e. The first kappa shape index (κ1) is 43.4. The van der Waals surface area contributed by atoms with Gasteiger partial charge >= 0.3 is 11.9 Å². The highest BCUT2D eigenvalue weighted by molar-refractivity contribution is 7.89. The Morgan fingerprint density at radius 2 is 1.40 bits per heavy atom. The average molecular weight is 828 g/mol. The summed E-state index contributed by atoms with van der Waals surface area (Å²) in [5.74, 6) is 1.51. The second kappa shape index (κ2) is 14.1. The van der Waals surface area contributed by atoms with Gasteiger partial charge in [0.25, 0.3) is 0 Å². The molecule has 13 atom stereocenters. The zero-order valence-corrected chi connectivity index (χ0v) is 39.1. The number of carbonyl (C=O) groups excluding carboxylic acids is 1. The third kappa shape index (κ3) is 6.28. The highest BCUT2D eigenvalue weighted by Crippen LogP contribution is 2.78. The van der Waals surface area contributed by atoms with Gasteiger partial charge in [0.2, 0.25) is 10.0 Å². The Hall–Kier alpha value is -1.23. The molecule has 58 heavy (non-hydrogen) atoms. The zero-order valence-electron chi connectivity index (χ0n) is 38.3. The molecule has 0 amide bonds. The number of esters is 1. The van der Waals surface area contributed by atoms with Crippen molar-refractivity contribution in [3.63, 3.8) is 0 Å². The van der Waals surface area contributed by atoms with E-state index in [2.05, 4.69) is 58.7 Å². The van der Waals surface area contributed by atoms with Gasteiger partial charge in [-0.2, -0.15) is 4.31 Å². The minimum Gasteiger partial charge on any atom is -0.481 e. The summed E-state index contributed by atoms with van der Waals surface area (Å²) in [6.07, 6.45) is 15.2. The van der Waals surface area contributed by atoms with E-state index in [0.29, 0.717) is 54.6 Å². The van der Waals surface area contributed by atoms with E-state index in [1.54, 1.807) is 18.2 Å². The van der Waals surface area contributed by atoms with Crippen LogP contribution in [0.3, 0.4) is 0 Å². The van der Waals surface area contributed by atoms with Crippen molar-refractivity contribution in [2.24, 2.45) is 73.9 Å². The van der Waals surface area contributed by atoms with Gasteiger partial charge in [0.05, 0.1) is 17.1 Å². The minimum absolute atomic E-state index is 0.131. The Morgan fingerprint density at radius 3 is 2.00 bits per heavy atom. The summed E-state index contributed by atoms with van der Waals surface area (Å²) < 4.78 is 34.0. The third-order valence-electron chi connectivity index (χ3n) is 21.0. The summed E-state index contributed by atoms with van der Waals surface area (Å²) in [6, 6.07) is 0.367. The predicted molar refractivity (Wildman–Crippen MR) is 229 cm³/mol. The average Bonchev–Trinajstić information content (AvgIpc) is 3.77. The van der Waals surface area contributed by atoms with Gasteiger partial charge in [0.15, 0.2) is 0 Å². The number of rotatable bonds is 10. The van der Waals surface area contributed by atoms with Crippen LogP contribution in [0, 0.1) is 73.9 Å². The number of carbonyl (C=O) groups is 2. The Bertz CT molecular complexity index is 1730. The molecule has 8 fully saturated rings. The number of sulfonamides is 1. The van der Waals surface area contributed by atoms with Gasteiger partial charge in [0, 0.05) is 49.7 Å². The van der Waals surface area contributed by atoms with Crippen molar-refractivity contribution < 1.29 is 27.9 Å². The van der Waals surface area contributed by atoms with E-state index >= 15 is 0 Å². The Kier molecular flexibility index (Phi) is 10.6. The number of fused-ring (bicyclic) bond motifs is 7. The van der Waals surface area contributed by atoms with Crippen LogP contribution in [-0.4, -0.2) is 90.3 Å². The number of hydrogen-bond acceptors (Lipinski definition) is 7. The number of carboxylic acids is 1. The van der Waals surface area contributed by atoms with Crippen molar-refractivity contribution in [2.75, 3.05) is 32.7 Å². The summed E-state index contributed by atoms with van der Waals surface area (Å²) in [6.45, 7) is 29.0. The van der Waals surface area contributed by atoms with Crippen LogP contribution in [0.1, 0.15) is 160 Å². The van der Waals surface area contributed by atoms with Gasteiger partial charge in [0.1, 0.15) is 6.10 Å². The molecule has 7 saturated carbocycles. The van der Waals surface area contributed by atoms with Crippen LogP contribution in [0.15, 0.2) is 0 Å². The van der Waals surface area contributed by atoms with Crippen LogP contribution in [0.5, 0.6) is 0 Å². The summed E-state index contributed by atoms with van der Waals surface area (Å²) >= 11 is 0. The summed E-state index contributed by atoms with van der Waals surface area (Å²) in [5.41, 5.74) is 0.684. The molecule has 8 aliphatic rings. The molecule has 330 valence electrons. The Morgan fingerprint density at radius 1 is 0.724 bits per heavy atom. The molecule has 0 aromatic rings. The lowest BCUT2D eigenvalue weighted by atomic mass is 9.32. The molecule has 0 bridgehead atoms. The molecule has 9 nitrogen and oxygen atoms in total. The maximum absolute atomic E-state index is 13.7. The predicted octanol–water partition coefficient (Wildman–Crippen LogP) is 8.61. The van der Waals surface area contributed by atoms with Gasteiger partial charge in [-0.3, -0.25) is 14.5 Å². The lowest BCUT2D eigenvalue weighted by Gasteiger charge is -2.73. The van der Waals surface area contributed by atoms with Gasteiger partial charge in [-0.15, -0.1) is 0 Å². The molecule has 7 aliphatic carbocycles. The van der Waals surface area contributed by atoms with Crippen molar-refractivity contribution in [2.45, 2.75) is 183 Å². The monoisotopic (exact) mass is 828 g/mol. The molecule has 0 aromatic heterocycles. The molecule has 8 rings (SSSR count). The molecule has 0 radical (unpaired) electrons. The molecule has 2 N–H and O–H groups in total. The molecule has 0 unspecified atom stereocenters. The van der Waals surface area contributed by atoms with E-state index in [4.69, 9.17) is 4.74 Å². The number of carboxylic acid groups (broad SMARTS) is 1. The van der Waals surface area contributed by atoms with Gasteiger partial charge in [-0.05, 0) is 161 Å². The van der Waals surface area contributed by atoms with Crippen molar-refractivity contribution in [1.82, 2.24) is 14.5 Å². The molecule has 0 aromatic carbocycles. The van der Waals surface area contributed by atoms with Crippen molar-refractivity contribution in [1.29, 1.82) is 0 Å². The van der Waals surface area contributed by atoms with Crippen LogP contribution in [0.4, 0.5) is 0 Å². The molecule has 1 saturated heterocycles. The summed E-state index contributed by atoms with van der Waals surface area (Å²) in [7, 11) is -3.21. The van der Waals surface area contributed by atoms with E-state index in [0.717, 1.165) is 38.4 Å². The number of hydrogen-bond donors (Lipinski definition) is 2. The van der Waals surface area contributed by atoms with Crippen LogP contribution >= 0.6 is 0 Å². The lowest BCUT2D eigenvalue weighted by Crippen LogP contribution is -2.69. The van der Waals surface area contributed by atoms with Gasteiger partial charge in [-0.25, -0.2) is 8.42 Å². The second-order valence-electron chi connectivity index (χ2n) is 24.2. The highest BCUT2D eigenvalue weighted by atomic mass is 32.2. The second-order valence-corrected chi connectivity index (χ2v) is 26.7. The number of aliphatic carboxylic acids is 1. The highest BCUT2D eigenvalue weighted by Gasteiger charge is 2.72. The molecular formula is C48H81N3O6S. The maximum Gasteiger partial charge on any atom is 0.309 e. The van der Waals surface area contributed by atoms with E-state index in [9.17, 15) is 23.1 Å². The zero-order chi connectivity index (χ0) is 42.2. The normalized spacial score (nSPS) is 46.1. The fourth-order valence-corrected chi connectivity index (χ4v) is 17.8. The maximum atomic E-state index is 13.7. The standard InChI is InChI=1S/C48H81N3O6S/c1-30(2)58(55,56)51-26-24-50(25-27-51)31(3)29-49-48-19-14-32(44(8)20-21-44)39(48)33-12-13-37-45(9)17-16-38(57-41(54)35-28-34(40(52)53)42(35,4)5)43(6,7)36(45)15-18-47(37,11)46(33,10)22-23-48/h30-39,49H,12-29H2,1-11H3,(H,52,53)/t31-,32+,33+,34-,35+,36-,37+,38-,39+,45-,46+,47+,48-/m0/s1. The topological polar surface area (TPSA) is 116 Å². The number of piperazine rings is 1. The van der Waals surface area contributed by atoms with Crippen molar-refractivity contribution >= 4 is 22.0 Å². The van der Waals surface area contributed by atoms with Crippen LogP contribution < -0.4 is 5.32 Å². The van der Waals surface area contributed by atoms with E-state index < -0.39 is 27.3 Å². The summed E-state index contributed by atoms with van der Waals surface area (Å²) in [4.78, 5) is 28.0. The van der Waals surface area contributed by atoms with Crippen LogP contribution in [0.2, 0.25) is 0 Å². The smallest absolute Gasteiger partial charge is 0.309 e. The van der Waals surface area contributed by atoms with Gasteiger partial charge in [-0.1, -0.05) is 55.4 Å². The van der Waals surface area contributed by atoms with E-state index in [1.807, 2.05) is 13.8 Å². The number of ether oxygens (including phenoxy) is 1. The molecule has 0 spiro atoms. The third-order valence-corrected chi connectivity index (χ3v) is 23.3. The van der Waals surface area contributed by atoms with E-state index in [1.165, 1.54) is 64.2 Å². The first-order chi connectivity index (χ1) is 26.9. The number of nitrogens with zero attached hydrogens (tertiary/aromatic N) is 2. The first-order valence-electron chi connectivity index (χ1n) is 23.8. The molecule has 10 heteroatoms. The fourth-order valence-electron chi connectivity index (χ4n) is 16.6.